The van der Waals surface area contributed by atoms with Crippen LogP contribution in [-0.4, -0.2) is 50.2 Å². The molecule has 0 unspecified atom stereocenters. The summed E-state index contributed by atoms with van der Waals surface area (Å²) in [7, 11) is -0.289. The Morgan fingerprint density at radius 1 is 1.08 bits per heavy atom. The van der Waals surface area contributed by atoms with Gasteiger partial charge in [0.05, 0.1) is 19.3 Å². The van der Waals surface area contributed by atoms with Gasteiger partial charge in [-0.2, -0.15) is 0 Å². The number of amides is 1. The lowest BCUT2D eigenvalue weighted by Crippen LogP contribution is -2.48. The quantitative estimate of drug-likeness (QED) is 0.337. The van der Waals surface area contributed by atoms with Gasteiger partial charge in [-0.1, -0.05) is 39.0 Å². The highest BCUT2D eigenvalue weighted by atomic mass is 28.4. The molecule has 1 aromatic carbocycles. The Balaban J connectivity index is 1.84. The number of benzene rings is 1. The lowest BCUT2D eigenvalue weighted by atomic mass is 10.0. The normalized spacial score (nSPS) is 15.2. The van der Waals surface area contributed by atoms with Gasteiger partial charge in [0.1, 0.15) is 17.2 Å². The van der Waals surface area contributed by atoms with Gasteiger partial charge in [-0.3, -0.25) is 4.90 Å². The number of carbonyl (C=O) groups is 1. The highest BCUT2D eigenvalue weighted by Crippen LogP contribution is 2.53. The molecule has 1 aliphatic rings. The Morgan fingerprint density at radius 3 is 2.27 bits per heavy atom. The van der Waals surface area contributed by atoms with Crippen molar-refractivity contribution in [3.05, 3.63) is 53.7 Å². The van der Waals surface area contributed by atoms with Crippen LogP contribution in [0.25, 0.3) is 0 Å². The van der Waals surface area contributed by atoms with E-state index in [1.54, 1.807) is 13.3 Å². The molecule has 0 saturated heterocycles. The van der Waals surface area contributed by atoms with Crippen molar-refractivity contribution < 1.29 is 18.7 Å². The molecule has 1 saturated carbocycles. The number of ether oxygens (including phenoxy) is 2. The Bertz CT molecular complexity index is 1050. The molecule has 0 atom stereocenters. The van der Waals surface area contributed by atoms with Gasteiger partial charge < -0.3 is 19.2 Å². The summed E-state index contributed by atoms with van der Waals surface area (Å²) in [5.74, 6) is 1.61. The molecule has 1 amide bonds. The monoisotopic (exact) mass is 527 g/mol. The third-order valence-corrected chi connectivity index (χ3v) is 11.9. The molecule has 37 heavy (non-hydrogen) atoms. The van der Waals surface area contributed by atoms with Crippen LogP contribution in [0.5, 0.6) is 5.75 Å². The van der Waals surface area contributed by atoms with Crippen molar-refractivity contribution in [2.75, 3.05) is 25.6 Å². The molecule has 0 aliphatic heterocycles. The molecule has 3 rings (SSSR count). The van der Waals surface area contributed by atoms with Crippen LogP contribution in [0.3, 0.4) is 0 Å². The number of hydrogen-bond acceptors (Lipinski definition) is 6. The van der Waals surface area contributed by atoms with E-state index in [0.29, 0.717) is 19.7 Å². The third-order valence-electron chi connectivity index (χ3n) is 7.37. The number of rotatable bonds is 10. The molecule has 1 heterocycles. The second-order valence-electron chi connectivity index (χ2n) is 12.4. The summed E-state index contributed by atoms with van der Waals surface area (Å²) in [6, 6.07) is 12.0. The molecule has 0 bridgehead atoms. The number of carbonyl (C=O) groups excluding carboxylic acids is 1. The number of hydrogen-bond donors (Lipinski definition) is 1. The average Bonchev–Trinajstić information content (AvgIpc) is 3.60. The Hall–Kier alpha value is -2.58. The topological polar surface area (TPSA) is 72.9 Å². The number of nitrogens with one attached hydrogen (secondary N) is 1. The lowest BCUT2D eigenvalue weighted by molar-refractivity contribution is 0.00869. The fourth-order valence-corrected chi connectivity index (χ4v) is 5.09. The minimum absolute atomic E-state index is 0.100. The first-order valence-electron chi connectivity index (χ1n) is 13.2. The van der Waals surface area contributed by atoms with Gasteiger partial charge in [0.2, 0.25) is 0 Å². The van der Waals surface area contributed by atoms with Crippen molar-refractivity contribution in [3.63, 3.8) is 0 Å². The van der Waals surface area contributed by atoms with Gasteiger partial charge in [0, 0.05) is 24.8 Å². The first-order valence-corrected chi connectivity index (χ1v) is 16.1. The van der Waals surface area contributed by atoms with Crippen LogP contribution in [0, 0.1) is 0 Å². The van der Waals surface area contributed by atoms with Gasteiger partial charge >= 0.3 is 6.09 Å². The summed E-state index contributed by atoms with van der Waals surface area (Å²) >= 11 is 0. The zero-order valence-corrected chi connectivity index (χ0v) is 25.1. The smallest absolute Gasteiger partial charge is 0.411 e. The van der Waals surface area contributed by atoms with Crippen LogP contribution in [0.2, 0.25) is 18.1 Å². The van der Waals surface area contributed by atoms with Crippen LogP contribution in [0.15, 0.2) is 42.6 Å². The van der Waals surface area contributed by atoms with Gasteiger partial charge in [0.15, 0.2) is 8.32 Å². The predicted molar refractivity (Wildman–Crippen MR) is 152 cm³/mol. The highest BCUT2D eigenvalue weighted by Gasteiger charge is 2.54. The number of anilines is 1. The van der Waals surface area contributed by atoms with E-state index in [-0.39, 0.29) is 11.1 Å². The minimum Gasteiger partial charge on any atom is -0.497 e. The molecule has 1 aliphatic carbocycles. The fraction of sp³-hybridized carbons (Fsp3) is 0.586. The molecule has 2 aromatic rings. The van der Waals surface area contributed by atoms with Gasteiger partial charge in [-0.05, 0) is 75.5 Å². The molecule has 0 spiro atoms. The standard InChI is InChI=1S/C29H45N3O4Si/c1-27(2,3)36-26(33)32(19-20-35-37(8,9)28(4,5)6)29(16-17-29)24-11-10-18-30-25(24)31-21-22-12-14-23(34-7)15-13-22/h10-15,18H,16-17,19-21H2,1-9H3,(H,30,31). The molecule has 1 N–H and O–H groups in total. The molecule has 1 aromatic heterocycles. The molecule has 1 fully saturated rings. The predicted octanol–water partition coefficient (Wildman–Crippen LogP) is 6.95. The second kappa shape index (κ2) is 11.0. The number of nitrogens with zero attached hydrogens (tertiary/aromatic N) is 2. The first kappa shape index (κ1) is 29.0. The van der Waals surface area contributed by atoms with Crippen molar-refractivity contribution in [3.8, 4) is 5.75 Å². The zero-order valence-electron chi connectivity index (χ0n) is 24.1. The van der Waals surface area contributed by atoms with Gasteiger partial charge in [-0.25, -0.2) is 9.78 Å². The fourth-order valence-electron chi connectivity index (χ4n) is 4.06. The summed E-state index contributed by atoms with van der Waals surface area (Å²) in [6.45, 7) is 18.4. The second-order valence-corrected chi connectivity index (χ2v) is 17.2. The zero-order chi connectivity index (χ0) is 27.5. The van der Waals surface area contributed by atoms with E-state index in [1.165, 1.54) is 0 Å². The lowest BCUT2D eigenvalue weighted by Gasteiger charge is -2.38. The molecule has 8 heteroatoms. The highest BCUT2D eigenvalue weighted by molar-refractivity contribution is 6.74. The van der Waals surface area contributed by atoms with E-state index in [4.69, 9.17) is 13.9 Å². The summed E-state index contributed by atoms with van der Waals surface area (Å²) in [5, 5.41) is 3.60. The van der Waals surface area contributed by atoms with Crippen LogP contribution in [0.4, 0.5) is 10.6 Å². The molecule has 7 nitrogen and oxygen atoms in total. The maximum Gasteiger partial charge on any atom is 0.411 e. The largest absolute Gasteiger partial charge is 0.497 e. The van der Waals surface area contributed by atoms with E-state index in [9.17, 15) is 4.79 Å². The van der Waals surface area contributed by atoms with Crippen LogP contribution < -0.4 is 10.1 Å². The van der Waals surface area contributed by atoms with E-state index in [1.807, 2.05) is 56.0 Å². The van der Waals surface area contributed by atoms with Crippen molar-refractivity contribution in [2.24, 2.45) is 0 Å². The Labute approximate surface area is 224 Å². The maximum atomic E-state index is 13.5. The van der Waals surface area contributed by atoms with E-state index in [2.05, 4.69) is 50.2 Å². The minimum atomic E-state index is -1.95. The van der Waals surface area contributed by atoms with Crippen LogP contribution in [0.1, 0.15) is 65.5 Å². The Morgan fingerprint density at radius 2 is 1.73 bits per heavy atom. The average molecular weight is 528 g/mol. The van der Waals surface area contributed by atoms with Crippen molar-refractivity contribution in [2.45, 2.75) is 90.2 Å². The van der Waals surface area contributed by atoms with Crippen molar-refractivity contribution in [1.29, 1.82) is 0 Å². The van der Waals surface area contributed by atoms with Gasteiger partial charge in [-0.15, -0.1) is 0 Å². The summed E-state index contributed by atoms with van der Waals surface area (Å²) in [4.78, 5) is 20.1. The molecule has 0 radical (unpaired) electrons. The Kier molecular flexibility index (Phi) is 8.64. The summed E-state index contributed by atoms with van der Waals surface area (Å²) < 4.78 is 17.6. The van der Waals surface area contributed by atoms with Gasteiger partial charge in [0.25, 0.3) is 0 Å². The van der Waals surface area contributed by atoms with E-state index < -0.39 is 19.5 Å². The van der Waals surface area contributed by atoms with Crippen LogP contribution in [-0.2, 0) is 21.2 Å². The number of pyridine rings is 1. The van der Waals surface area contributed by atoms with Crippen molar-refractivity contribution >= 4 is 20.2 Å². The van der Waals surface area contributed by atoms with E-state index >= 15 is 0 Å². The first-order chi connectivity index (χ1) is 17.2. The SMILES string of the molecule is COc1ccc(CNc2ncccc2C2(N(CCO[Si](C)(C)C(C)(C)C)C(=O)OC(C)(C)C)CC2)cc1. The van der Waals surface area contributed by atoms with Crippen LogP contribution >= 0.6 is 0 Å². The third kappa shape index (κ3) is 7.26. The summed E-state index contributed by atoms with van der Waals surface area (Å²) in [5.41, 5.74) is 1.09. The van der Waals surface area contributed by atoms with Crippen molar-refractivity contribution in [1.82, 2.24) is 9.88 Å². The summed E-state index contributed by atoms with van der Waals surface area (Å²) in [6.07, 6.45) is 3.19. The van der Waals surface area contributed by atoms with E-state index in [0.717, 1.165) is 35.5 Å². The molecule has 204 valence electrons. The molecular weight excluding hydrogens is 482 g/mol. The maximum absolute atomic E-state index is 13.5. The molecular formula is C29H45N3O4Si. The number of aromatic nitrogens is 1. The number of methoxy groups -OCH3 is 1.